The molecule has 5 heteroatoms. The van der Waals surface area contributed by atoms with Gasteiger partial charge in [0.2, 0.25) is 0 Å². The Morgan fingerprint density at radius 3 is 2.42 bits per heavy atom. The maximum Gasteiger partial charge on any atom is 0.352 e. The van der Waals surface area contributed by atoms with Crippen molar-refractivity contribution in [3.05, 3.63) is 65.7 Å². The normalized spacial score (nSPS) is 11.1. The first-order chi connectivity index (χ1) is 9.16. The van der Waals surface area contributed by atoms with Gasteiger partial charge in [-0.25, -0.2) is 4.79 Å². The van der Waals surface area contributed by atoms with E-state index in [9.17, 15) is 9.59 Å². The van der Waals surface area contributed by atoms with E-state index < -0.39 is 11.9 Å². The van der Waals surface area contributed by atoms with Crippen LogP contribution >= 0.6 is 0 Å². The quantitative estimate of drug-likeness (QED) is 0.822. The fourth-order valence-electron chi connectivity index (χ4n) is 1.45. The predicted molar refractivity (Wildman–Crippen MR) is 68.2 cm³/mol. The number of nitrogens with one attached hydrogen (secondary N) is 1. The van der Waals surface area contributed by atoms with Gasteiger partial charge in [-0.1, -0.05) is 18.2 Å². The molecule has 0 aliphatic carbocycles. The van der Waals surface area contributed by atoms with Crippen LogP contribution in [0.25, 0.3) is 6.08 Å². The van der Waals surface area contributed by atoms with Crippen molar-refractivity contribution in [1.29, 1.82) is 0 Å². The van der Waals surface area contributed by atoms with Crippen LogP contribution in [0.2, 0.25) is 0 Å². The molecule has 0 saturated heterocycles. The van der Waals surface area contributed by atoms with Crippen LogP contribution in [0, 0.1) is 0 Å². The van der Waals surface area contributed by atoms with Crippen LogP contribution in [0.1, 0.15) is 16.1 Å². The highest BCUT2D eigenvalue weighted by atomic mass is 16.4. The SMILES string of the molecule is O=C(O)C(=Cc1ccco1)NC(=O)c1ccccc1. The summed E-state index contributed by atoms with van der Waals surface area (Å²) in [6.07, 6.45) is 2.67. The number of aliphatic carboxylic acids is 1. The number of carboxylic acid groups (broad SMARTS) is 1. The lowest BCUT2D eigenvalue weighted by Crippen LogP contribution is -2.27. The van der Waals surface area contributed by atoms with Crippen molar-refractivity contribution in [2.45, 2.75) is 0 Å². The number of amides is 1. The van der Waals surface area contributed by atoms with Gasteiger partial charge >= 0.3 is 5.97 Å². The first kappa shape index (κ1) is 12.6. The lowest BCUT2D eigenvalue weighted by molar-refractivity contribution is -0.132. The molecule has 2 N–H and O–H groups in total. The van der Waals surface area contributed by atoms with Gasteiger partial charge in [0, 0.05) is 11.6 Å². The molecule has 1 amide bonds. The third kappa shape index (κ3) is 3.32. The largest absolute Gasteiger partial charge is 0.477 e. The molecule has 0 saturated carbocycles. The maximum atomic E-state index is 11.8. The number of carbonyl (C=O) groups is 2. The highest BCUT2D eigenvalue weighted by molar-refractivity contribution is 6.02. The summed E-state index contributed by atoms with van der Waals surface area (Å²) in [5, 5.41) is 11.4. The van der Waals surface area contributed by atoms with Crippen molar-refractivity contribution in [1.82, 2.24) is 5.32 Å². The maximum absolute atomic E-state index is 11.8. The Labute approximate surface area is 109 Å². The monoisotopic (exact) mass is 257 g/mol. The minimum absolute atomic E-state index is 0.246. The number of rotatable bonds is 4. The summed E-state index contributed by atoms with van der Waals surface area (Å²) >= 11 is 0. The van der Waals surface area contributed by atoms with E-state index >= 15 is 0 Å². The molecule has 19 heavy (non-hydrogen) atoms. The molecule has 1 heterocycles. The molecule has 2 aromatic rings. The average molecular weight is 257 g/mol. The number of benzene rings is 1. The van der Waals surface area contributed by atoms with Crippen LogP contribution in [0.3, 0.4) is 0 Å². The van der Waals surface area contributed by atoms with E-state index in [2.05, 4.69) is 5.32 Å². The Morgan fingerprint density at radius 1 is 1.11 bits per heavy atom. The van der Waals surface area contributed by atoms with Gasteiger partial charge in [0.1, 0.15) is 11.5 Å². The summed E-state index contributed by atoms with van der Waals surface area (Å²) in [6.45, 7) is 0. The van der Waals surface area contributed by atoms with Gasteiger partial charge in [-0.3, -0.25) is 4.79 Å². The second-order valence-electron chi connectivity index (χ2n) is 3.70. The Bertz CT molecular complexity index is 600. The standard InChI is InChI=1S/C14H11NO4/c16-13(10-5-2-1-3-6-10)15-12(14(17)18)9-11-7-4-8-19-11/h1-9H,(H,15,16)(H,17,18). The van der Waals surface area contributed by atoms with Crippen molar-refractivity contribution in [3.8, 4) is 0 Å². The molecule has 5 nitrogen and oxygen atoms in total. The summed E-state index contributed by atoms with van der Waals surface area (Å²) in [4.78, 5) is 22.9. The zero-order chi connectivity index (χ0) is 13.7. The average Bonchev–Trinajstić information content (AvgIpc) is 2.91. The van der Waals surface area contributed by atoms with Gasteiger partial charge in [-0.15, -0.1) is 0 Å². The Kier molecular flexibility index (Phi) is 3.78. The molecule has 0 atom stereocenters. The number of hydrogen-bond acceptors (Lipinski definition) is 3. The first-order valence-corrected chi connectivity index (χ1v) is 5.52. The van der Waals surface area contributed by atoms with E-state index in [1.165, 1.54) is 12.3 Å². The number of furan rings is 1. The molecule has 0 unspecified atom stereocenters. The van der Waals surface area contributed by atoms with E-state index in [0.29, 0.717) is 11.3 Å². The van der Waals surface area contributed by atoms with Crippen LogP contribution in [0.5, 0.6) is 0 Å². The summed E-state index contributed by atoms with van der Waals surface area (Å²) < 4.78 is 5.01. The molecule has 0 fully saturated rings. The Hall–Kier alpha value is -2.82. The minimum atomic E-state index is -1.24. The van der Waals surface area contributed by atoms with Crippen molar-refractivity contribution < 1.29 is 19.1 Å². The van der Waals surface area contributed by atoms with Crippen LogP contribution in [-0.2, 0) is 4.79 Å². The Balaban J connectivity index is 2.19. The van der Waals surface area contributed by atoms with E-state index in [1.807, 2.05) is 0 Å². The van der Waals surface area contributed by atoms with Gasteiger partial charge < -0.3 is 14.8 Å². The zero-order valence-corrected chi connectivity index (χ0v) is 9.87. The topological polar surface area (TPSA) is 79.5 Å². The van der Waals surface area contributed by atoms with Crippen molar-refractivity contribution in [3.63, 3.8) is 0 Å². The van der Waals surface area contributed by atoms with Crippen LogP contribution in [-0.4, -0.2) is 17.0 Å². The Morgan fingerprint density at radius 2 is 1.84 bits per heavy atom. The first-order valence-electron chi connectivity index (χ1n) is 5.52. The van der Waals surface area contributed by atoms with Crippen LogP contribution in [0.4, 0.5) is 0 Å². The summed E-state index contributed by atoms with van der Waals surface area (Å²) in [5.74, 6) is -1.37. The number of carboxylic acids is 1. The van der Waals surface area contributed by atoms with Gasteiger partial charge in [-0.2, -0.15) is 0 Å². The smallest absolute Gasteiger partial charge is 0.352 e. The van der Waals surface area contributed by atoms with E-state index in [0.717, 1.165) is 0 Å². The van der Waals surface area contributed by atoms with E-state index in [-0.39, 0.29) is 5.70 Å². The summed E-state index contributed by atoms with van der Waals surface area (Å²) in [7, 11) is 0. The lowest BCUT2D eigenvalue weighted by atomic mass is 10.2. The van der Waals surface area contributed by atoms with Gasteiger partial charge in [0.05, 0.1) is 6.26 Å². The molecule has 0 aliphatic rings. The third-order valence-electron chi connectivity index (χ3n) is 2.34. The molecule has 96 valence electrons. The molecule has 0 aliphatic heterocycles. The van der Waals surface area contributed by atoms with E-state index in [4.69, 9.17) is 9.52 Å². The number of carbonyl (C=O) groups excluding carboxylic acids is 1. The highest BCUT2D eigenvalue weighted by Crippen LogP contribution is 2.07. The molecule has 1 aromatic carbocycles. The van der Waals surface area contributed by atoms with Gasteiger partial charge in [0.25, 0.3) is 5.91 Å². The fraction of sp³-hybridized carbons (Fsp3) is 0. The molecule has 0 radical (unpaired) electrons. The molecular weight excluding hydrogens is 246 g/mol. The lowest BCUT2D eigenvalue weighted by Gasteiger charge is -2.05. The van der Waals surface area contributed by atoms with Crippen LogP contribution < -0.4 is 5.32 Å². The highest BCUT2D eigenvalue weighted by Gasteiger charge is 2.13. The fourth-order valence-corrected chi connectivity index (χ4v) is 1.45. The second kappa shape index (κ2) is 5.68. The van der Waals surface area contributed by atoms with Crippen molar-refractivity contribution in [2.24, 2.45) is 0 Å². The molecule has 2 rings (SSSR count). The molecule has 0 spiro atoms. The van der Waals surface area contributed by atoms with Crippen molar-refractivity contribution in [2.75, 3.05) is 0 Å². The molecular formula is C14H11NO4. The van der Waals surface area contributed by atoms with Crippen molar-refractivity contribution >= 4 is 18.0 Å². The zero-order valence-electron chi connectivity index (χ0n) is 9.87. The third-order valence-corrected chi connectivity index (χ3v) is 2.34. The molecule has 1 aromatic heterocycles. The summed E-state index contributed by atoms with van der Waals surface area (Å²) in [5.41, 5.74) is 0.137. The van der Waals surface area contributed by atoms with Gasteiger partial charge in [-0.05, 0) is 24.3 Å². The predicted octanol–water partition coefficient (Wildman–Crippen LogP) is 2.14. The molecule has 0 bridgehead atoms. The van der Waals surface area contributed by atoms with Crippen LogP contribution in [0.15, 0.2) is 58.8 Å². The minimum Gasteiger partial charge on any atom is -0.477 e. The second-order valence-corrected chi connectivity index (χ2v) is 3.70. The van der Waals surface area contributed by atoms with E-state index in [1.54, 1.807) is 42.5 Å². The summed E-state index contributed by atoms with van der Waals surface area (Å²) in [6, 6.07) is 11.6. The number of hydrogen-bond donors (Lipinski definition) is 2. The van der Waals surface area contributed by atoms with Gasteiger partial charge in [0.15, 0.2) is 0 Å².